The third kappa shape index (κ3) is 4.11. The average molecular weight is 292 g/mol. The molecule has 0 aliphatic carbocycles. The molecule has 1 aromatic heterocycles. The molecule has 0 N–H and O–H groups in total. The Morgan fingerprint density at radius 2 is 1.93 bits per heavy atom. The molecule has 0 fully saturated rings. The van der Waals surface area contributed by atoms with Gasteiger partial charge in [0.05, 0.1) is 0 Å². The summed E-state index contributed by atoms with van der Waals surface area (Å²) in [5.41, 5.74) is -2.25. The van der Waals surface area contributed by atoms with E-state index in [-0.39, 0.29) is 51.4 Å². The first-order valence-corrected chi connectivity index (χ1v) is 4.06. The minimum absolute atomic E-state index is 0. The van der Waals surface area contributed by atoms with Crippen LogP contribution in [0.5, 0.6) is 0 Å². The normalized spacial score (nSPS) is 10.6. The molecule has 0 unspecified atom stereocenters. The molecule has 14 heavy (non-hydrogen) atoms. The molecule has 0 amide bonds. The van der Waals surface area contributed by atoms with Crippen LogP contribution in [0.1, 0.15) is 10.4 Å². The van der Waals surface area contributed by atoms with Gasteiger partial charge in [0.1, 0.15) is 10.3 Å². The largest absolute Gasteiger partial charge is 1.00 e. The number of halogens is 4. The smallest absolute Gasteiger partial charge is 0.443 e. The van der Waals surface area contributed by atoms with Gasteiger partial charge in [-0.3, -0.25) is 0 Å². The standard InChI is InChI=1S/C6H3BBrF3NO.K/c8-5-2-1-4(3-12-5)6(13)7(9,10)11;/h1-3H;/q-1;+1. The van der Waals surface area contributed by atoms with E-state index in [0.717, 1.165) is 12.3 Å². The Morgan fingerprint density at radius 3 is 2.29 bits per heavy atom. The summed E-state index contributed by atoms with van der Waals surface area (Å²) < 4.78 is 36.1. The maximum Gasteiger partial charge on any atom is 1.00 e. The van der Waals surface area contributed by atoms with Crippen molar-refractivity contribution in [1.29, 1.82) is 0 Å². The number of carbonyl (C=O) groups excluding carboxylic acids is 1. The van der Waals surface area contributed by atoms with E-state index < -0.39 is 18.2 Å². The molecule has 1 aromatic rings. The van der Waals surface area contributed by atoms with Gasteiger partial charge in [0.2, 0.25) is 0 Å². The van der Waals surface area contributed by atoms with E-state index in [9.17, 15) is 17.7 Å². The van der Waals surface area contributed by atoms with E-state index in [0.29, 0.717) is 4.60 Å². The maximum absolute atomic E-state index is 11.9. The topological polar surface area (TPSA) is 30.0 Å². The van der Waals surface area contributed by atoms with E-state index >= 15 is 0 Å². The van der Waals surface area contributed by atoms with Crippen molar-refractivity contribution in [1.82, 2.24) is 4.98 Å². The Kier molecular flexibility index (Phi) is 6.09. The number of hydrogen-bond acceptors (Lipinski definition) is 2. The van der Waals surface area contributed by atoms with Gasteiger partial charge in [-0.05, 0) is 22.0 Å². The van der Waals surface area contributed by atoms with Gasteiger partial charge in [0.15, 0.2) is 0 Å². The zero-order valence-electron chi connectivity index (χ0n) is 7.18. The molecule has 1 rings (SSSR count). The Morgan fingerprint density at radius 1 is 1.36 bits per heavy atom. The van der Waals surface area contributed by atoms with Crippen LogP contribution in [0.4, 0.5) is 12.9 Å². The monoisotopic (exact) mass is 291 g/mol. The summed E-state index contributed by atoms with van der Waals surface area (Å²) in [6.07, 6.45) is 0.891. The number of aromatic nitrogens is 1. The van der Waals surface area contributed by atoms with Crippen LogP contribution in [0.2, 0.25) is 0 Å². The Hall–Kier alpha value is 0.791. The van der Waals surface area contributed by atoms with Gasteiger partial charge in [0.25, 0.3) is 0 Å². The zero-order valence-corrected chi connectivity index (χ0v) is 11.9. The summed E-state index contributed by atoms with van der Waals surface area (Å²) in [6, 6.07) is 2.36. The number of pyridine rings is 1. The summed E-state index contributed by atoms with van der Waals surface area (Å²) in [5.74, 6) is 0. The molecule has 0 bridgehead atoms. The number of carbonyl (C=O) groups is 1. The van der Waals surface area contributed by atoms with Gasteiger partial charge >= 0.3 is 58.4 Å². The molecular formula is C6H3BBrF3KNO. The predicted octanol–water partition coefficient (Wildman–Crippen LogP) is -0.583. The number of rotatable bonds is 2. The van der Waals surface area contributed by atoms with Gasteiger partial charge in [-0.15, -0.1) is 0 Å². The first kappa shape index (κ1) is 14.8. The van der Waals surface area contributed by atoms with Crippen LogP contribution in [0.25, 0.3) is 0 Å². The molecule has 0 aromatic carbocycles. The van der Waals surface area contributed by atoms with Crippen LogP contribution in [0.3, 0.4) is 0 Å². The molecule has 0 aliphatic rings. The number of hydrogen-bond donors (Lipinski definition) is 0. The van der Waals surface area contributed by atoms with Gasteiger partial charge in [-0.2, -0.15) is 0 Å². The van der Waals surface area contributed by atoms with Crippen LogP contribution < -0.4 is 51.4 Å². The van der Waals surface area contributed by atoms with E-state index in [4.69, 9.17) is 0 Å². The molecule has 0 atom stereocenters. The molecule has 2 nitrogen and oxygen atoms in total. The molecule has 1 heterocycles. The third-order valence-corrected chi connectivity index (χ3v) is 1.78. The summed E-state index contributed by atoms with van der Waals surface area (Å²) in [7, 11) is 0. The third-order valence-electron chi connectivity index (χ3n) is 1.31. The Balaban J connectivity index is 0.00000169. The van der Waals surface area contributed by atoms with Gasteiger partial charge in [0, 0.05) is 11.8 Å². The van der Waals surface area contributed by atoms with Crippen molar-refractivity contribution in [3.8, 4) is 0 Å². The molecular weight excluding hydrogens is 289 g/mol. The second kappa shape index (κ2) is 5.76. The van der Waals surface area contributed by atoms with Gasteiger partial charge in [-0.1, -0.05) is 6.07 Å². The number of nitrogens with zero attached hydrogens (tertiary/aromatic N) is 1. The van der Waals surface area contributed by atoms with Gasteiger partial charge < -0.3 is 17.7 Å². The molecule has 0 aliphatic heterocycles. The fraction of sp³-hybridized carbons (Fsp3) is 0. The van der Waals surface area contributed by atoms with Crippen LogP contribution in [-0.2, 0) is 0 Å². The fourth-order valence-corrected chi connectivity index (χ4v) is 0.945. The first-order chi connectivity index (χ1) is 5.91. The second-order valence-corrected chi connectivity index (χ2v) is 3.12. The molecule has 70 valence electrons. The molecule has 0 spiro atoms. The fourth-order valence-electron chi connectivity index (χ4n) is 0.711. The van der Waals surface area contributed by atoms with E-state index in [1.807, 2.05) is 0 Å². The average Bonchev–Trinajstić information content (AvgIpc) is 2.03. The summed E-state index contributed by atoms with van der Waals surface area (Å²) in [6.45, 7) is -5.46. The molecule has 8 heteroatoms. The van der Waals surface area contributed by atoms with Crippen molar-refractivity contribution >= 4 is 28.6 Å². The van der Waals surface area contributed by atoms with Crippen molar-refractivity contribution in [2.24, 2.45) is 0 Å². The second-order valence-electron chi connectivity index (χ2n) is 2.31. The van der Waals surface area contributed by atoms with Crippen LogP contribution >= 0.6 is 15.9 Å². The summed E-state index contributed by atoms with van der Waals surface area (Å²) in [4.78, 5) is 14.1. The summed E-state index contributed by atoms with van der Waals surface area (Å²) >= 11 is 2.95. The molecule has 0 saturated carbocycles. The van der Waals surface area contributed by atoms with E-state index in [2.05, 4.69) is 20.9 Å². The van der Waals surface area contributed by atoms with Crippen molar-refractivity contribution in [2.75, 3.05) is 0 Å². The van der Waals surface area contributed by atoms with E-state index in [1.54, 1.807) is 0 Å². The minimum atomic E-state index is -5.46. The van der Waals surface area contributed by atoms with Crippen molar-refractivity contribution in [3.63, 3.8) is 0 Å². The first-order valence-electron chi connectivity index (χ1n) is 3.27. The molecule has 0 radical (unpaired) electrons. The van der Waals surface area contributed by atoms with Crippen molar-refractivity contribution in [2.45, 2.75) is 0 Å². The van der Waals surface area contributed by atoms with Crippen LogP contribution in [-0.4, -0.2) is 17.6 Å². The Labute approximate surface area is 129 Å². The SMILES string of the molecule is O=C(c1ccc(Br)nc1)[B-](F)(F)F.[K+]. The predicted molar refractivity (Wildman–Crippen MR) is 45.3 cm³/mol. The van der Waals surface area contributed by atoms with Crippen LogP contribution in [0, 0.1) is 0 Å². The zero-order chi connectivity index (χ0) is 10.1. The maximum atomic E-state index is 11.9. The summed E-state index contributed by atoms with van der Waals surface area (Å²) in [5, 5.41) is 0. The van der Waals surface area contributed by atoms with Gasteiger partial charge in [-0.25, -0.2) is 4.98 Å². The van der Waals surface area contributed by atoms with Crippen molar-refractivity contribution in [3.05, 3.63) is 28.5 Å². The minimum Gasteiger partial charge on any atom is -0.443 e. The van der Waals surface area contributed by atoms with E-state index in [1.165, 1.54) is 6.07 Å². The van der Waals surface area contributed by atoms with Crippen LogP contribution in [0.15, 0.2) is 22.9 Å². The Bertz CT molecular complexity index is 329. The van der Waals surface area contributed by atoms with Crippen molar-refractivity contribution < 1.29 is 69.1 Å². The molecule has 0 saturated heterocycles. The quantitative estimate of drug-likeness (QED) is 0.539.